The first-order valence-electron chi connectivity index (χ1n) is 10.3. The van der Waals surface area contributed by atoms with Crippen molar-refractivity contribution in [2.75, 3.05) is 19.6 Å². The van der Waals surface area contributed by atoms with Gasteiger partial charge in [0.05, 0.1) is 0 Å². The van der Waals surface area contributed by atoms with Gasteiger partial charge in [0.1, 0.15) is 6.04 Å². The van der Waals surface area contributed by atoms with Crippen molar-refractivity contribution < 1.29 is 14.4 Å². The van der Waals surface area contributed by atoms with Gasteiger partial charge < -0.3 is 10.2 Å². The molecule has 1 aromatic carbocycles. The van der Waals surface area contributed by atoms with Gasteiger partial charge in [0.25, 0.3) is 5.91 Å². The van der Waals surface area contributed by atoms with Crippen LogP contribution in [0.25, 0.3) is 0 Å². The number of hydrogen-bond donors (Lipinski definition) is 2. The molecule has 3 fully saturated rings. The summed E-state index contributed by atoms with van der Waals surface area (Å²) in [6.45, 7) is 4.60. The molecule has 2 N–H and O–H groups in total. The Kier molecular flexibility index (Phi) is 4.44. The van der Waals surface area contributed by atoms with Crippen molar-refractivity contribution in [1.82, 2.24) is 20.4 Å². The average Bonchev–Trinajstić information content (AvgIpc) is 3.24. The molecule has 4 aliphatic heterocycles. The van der Waals surface area contributed by atoms with Crippen molar-refractivity contribution in [2.24, 2.45) is 5.92 Å². The summed E-state index contributed by atoms with van der Waals surface area (Å²) in [5, 5.41) is 5.86. The van der Waals surface area contributed by atoms with Crippen LogP contribution < -0.4 is 10.6 Å². The maximum Gasteiger partial charge on any atom is 0.255 e. The Balaban J connectivity index is 1.31. The molecule has 148 valence electrons. The van der Waals surface area contributed by atoms with E-state index in [1.807, 2.05) is 12.1 Å². The van der Waals surface area contributed by atoms with Gasteiger partial charge in [-0.2, -0.15) is 0 Å². The standard InChI is InChI=1S/C21H26N4O3/c26-19-4-3-17(20(27)23-19)25-12-15-2-1-13(9-16(15)21(25)28)11-24-8-6-14-5-7-22-10-18(14)24/h1-2,9,14,17-18,22H,3-8,10-12H2,(H,23,26,27). The second-order valence-corrected chi connectivity index (χ2v) is 8.47. The summed E-state index contributed by atoms with van der Waals surface area (Å²) in [6.07, 6.45) is 3.21. The number of amides is 3. The van der Waals surface area contributed by atoms with Crippen molar-refractivity contribution >= 4 is 17.7 Å². The molecule has 3 atom stereocenters. The van der Waals surface area contributed by atoms with Crippen LogP contribution in [0.3, 0.4) is 0 Å². The van der Waals surface area contributed by atoms with Crippen LogP contribution in [0.2, 0.25) is 0 Å². The van der Waals surface area contributed by atoms with Gasteiger partial charge in [-0.3, -0.25) is 24.6 Å². The number of piperidine rings is 2. The second-order valence-electron chi connectivity index (χ2n) is 8.47. The molecular formula is C21H26N4O3. The molecule has 7 nitrogen and oxygen atoms in total. The van der Waals surface area contributed by atoms with Crippen molar-refractivity contribution in [3.05, 3.63) is 34.9 Å². The highest BCUT2D eigenvalue weighted by atomic mass is 16.2. The number of nitrogens with zero attached hydrogens (tertiary/aromatic N) is 2. The highest BCUT2D eigenvalue weighted by Crippen LogP contribution is 2.32. The van der Waals surface area contributed by atoms with E-state index in [0.717, 1.165) is 43.2 Å². The van der Waals surface area contributed by atoms with Crippen LogP contribution in [0.1, 0.15) is 47.2 Å². The Hall–Kier alpha value is -2.25. The Bertz CT molecular complexity index is 839. The second kappa shape index (κ2) is 6.97. The van der Waals surface area contributed by atoms with Gasteiger partial charge in [-0.15, -0.1) is 0 Å². The van der Waals surface area contributed by atoms with Crippen LogP contribution in [0, 0.1) is 5.92 Å². The summed E-state index contributed by atoms with van der Waals surface area (Å²) in [4.78, 5) is 40.7. The number of imide groups is 1. The fourth-order valence-electron chi connectivity index (χ4n) is 5.29. The molecular weight excluding hydrogens is 356 g/mol. The van der Waals surface area contributed by atoms with Gasteiger partial charge in [0.15, 0.2) is 0 Å². The molecule has 0 bridgehead atoms. The van der Waals surface area contributed by atoms with Gasteiger partial charge in [-0.25, -0.2) is 0 Å². The lowest BCUT2D eigenvalue weighted by Gasteiger charge is -2.32. The van der Waals surface area contributed by atoms with Crippen LogP contribution >= 0.6 is 0 Å². The molecule has 0 radical (unpaired) electrons. The van der Waals surface area contributed by atoms with E-state index in [9.17, 15) is 14.4 Å². The van der Waals surface area contributed by atoms with E-state index in [1.54, 1.807) is 4.90 Å². The Morgan fingerprint density at radius 2 is 2.00 bits per heavy atom. The van der Waals surface area contributed by atoms with E-state index in [2.05, 4.69) is 21.6 Å². The molecule has 7 heteroatoms. The Labute approximate surface area is 164 Å². The summed E-state index contributed by atoms with van der Waals surface area (Å²) in [5.74, 6) is 0.0876. The highest BCUT2D eigenvalue weighted by molar-refractivity contribution is 6.05. The molecule has 3 amide bonds. The first kappa shape index (κ1) is 17.8. The van der Waals surface area contributed by atoms with Gasteiger partial charge >= 0.3 is 0 Å². The van der Waals surface area contributed by atoms with Crippen LogP contribution in [0.4, 0.5) is 0 Å². The SMILES string of the molecule is O=C1CCC(N2Cc3ccc(CN4CCC5CCNCC54)cc3C2=O)C(=O)N1. The van der Waals surface area contributed by atoms with E-state index >= 15 is 0 Å². The lowest BCUT2D eigenvalue weighted by atomic mass is 9.93. The maximum atomic E-state index is 13.0. The summed E-state index contributed by atoms with van der Waals surface area (Å²) < 4.78 is 0. The zero-order valence-electron chi connectivity index (χ0n) is 15.9. The molecule has 4 heterocycles. The molecule has 3 unspecified atom stereocenters. The smallest absolute Gasteiger partial charge is 0.255 e. The van der Waals surface area contributed by atoms with Gasteiger partial charge in [-0.1, -0.05) is 12.1 Å². The minimum Gasteiger partial charge on any atom is -0.322 e. The molecule has 3 saturated heterocycles. The molecule has 0 aliphatic carbocycles. The van der Waals surface area contributed by atoms with Gasteiger partial charge in [0.2, 0.25) is 11.8 Å². The minimum atomic E-state index is -0.547. The molecule has 0 spiro atoms. The topological polar surface area (TPSA) is 81.8 Å². The van der Waals surface area contributed by atoms with Crippen molar-refractivity contribution in [1.29, 1.82) is 0 Å². The number of benzene rings is 1. The average molecular weight is 382 g/mol. The van der Waals surface area contributed by atoms with Crippen molar-refractivity contribution in [3.63, 3.8) is 0 Å². The quantitative estimate of drug-likeness (QED) is 0.750. The highest BCUT2D eigenvalue weighted by Gasteiger charge is 2.39. The first-order chi connectivity index (χ1) is 13.6. The van der Waals surface area contributed by atoms with E-state index in [1.165, 1.54) is 12.8 Å². The zero-order valence-corrected chi connectivity index (χ0v) is 15.9. The number of carbonyl (C=O) groups is 3. The fraction of sp³-hybridized carbons (Fsp3) is 0.571. The monoisotopic (exact) mass is 382 g/mol. The summed E-state index contributed by atoms with van der Waals surface area (Å²) in [5.41, 5.74) is 2.83. The molecule has 0 aromatic heterocycles. The normalized spacial score (nSPS) is 30.4. The fourth-order valence-corrected chi connectivity index (χ4v) is 5.29. The zero-order chi connectivity index (χ0) is 19.3. The van der Waals surface area contributed by atoms with Gasteiger partial charge in [0, 0.05) is 37.7 Å². The maximum absolute atomic E-state index is 13.0. The first-order valence-corrected chi connectivity index (χ1v) is 10.3. The van der Waals surface area contributed by atoms with E-state index in [4.69, 9.17) is 0 Å². The number of rotatable bonds is 3. The number of likely N-dealkylation sites (tertiary alicyclic amines) is 1. The van der Waals surface area contributed by atoms with Crippen molar-refractivity contribution in [2.45, 2.75) is 50.9 Å². The van der Waals surface area contributed by atoms with Crippen LogP contribution in [0.5, 0.6) is 0 Å². The Morgan fingerprint density at radius 3 is 2.86 bits per heavy atom. The molecule has 28 heavy (non-hydrogen) atoms. The lowest BCUT2D eigenvalue weighted by molar-refractivity contribution is -0.136. The van der Waals surface area contributed by atoms with Gasteiger partial charge in [-0.05, 0) is 55.5 Å². The third-order valence-corrected chi connectivity index (χ3v) is 6.82. The van der Waals surface area contributed by atoms with Crippen LogP contribution in [-0.4, -0.2) is 59.2 Å². The van der Waals surface area contributed by atoms with E-state index in [-0.39, 0.29) is 24.1 Å². The minimum absolute atomic E-state index is 0.0926. The predicted octanol–water partition coefficient (Wildman–Crippen LogP) is 0.631. The van der Waals surface area contributed by atoms with Crippen LogP contribution in [0.15, 0.2) is 18.2 Å². The van der Waals surface area contributed by atoms with E-state index < -0.39 is 6.04 Å². The summed E-state index contributed by atoms with van der Waals surface area (Å²) in [7, 11) is 0. The van der Waals surface area contributed by atoms with E-state index in [0.29, 0.717) is 24.6 Å². The predicted molar refractivity (Wildman–Crippen MR) is 102 cm³/mol. The molecule has 0 saturated carbocycles. The number of fused-ring (bicyclic) bond motifs is 2. The molecule has 4 aliphatic rings. The number of nitrogens with one attached hydrogen (secondary N) is 2. The Morgan fingerprint density at radius 1 is 1.11 bits per heavy atom. The van der Waals surface area contributed by atoms with Crippen LogP contribution in [-0.2, 0) is 22.7 Å². The third-order valence-electron chi connectivity index (χ3n) is 6.82. The largest absolute Gasteiger partial charge is 0.322 e. The number of hydrogen-bond acceptors (Lipinski definition) is 5. The molecule has 5 rings (SSSR count). The third kappa shape index (κ3) is 3.02. The summed E-state index contributed by atoms with van der Waals surface area (Å²) in [6, 6.07) is 6.20. The number of carbonyl (C=O) groups excluding carboxylic acids is 3. The molecule has 1 aromatic rings. The summed E-state index contributed by atoms with van der Waals surface area (Å²) >= 11 is 0. The lowest BCUT2D eigenvalue weighted by Crippen LogP contribution is -2.52. The van der Waals surface area contributed by atoms with Crippen molar-refractivity contribution in [3.8, 4) is 0 Å².